The fourth-order valence-corrected chi connectivity index (χ4v) is 3.20. The van der Waals surface area contributed by atoms with E-state index in [1.165, 1.54) is 0 Å². The maximum absolute atomic E-state index is 12.2. The average Bonchev–Trinajstić information content (AvgIpc) is 2.62. The van der Waals surface area contributed by atoms with Crippen molar-refractivity contribution in [2.24, 2.45) is 4.99 Å². The van der Waals surface area contributed by atoms with Crippen LogP contribution in [0.2, 0.25) is 0 Å². The highest BCUT2D eigenvalue weighted by Crippen LogP contribution is 2.09. The Bertz CT molecular complexity index is 788. The molecule has 7 heteroatoms. The molecule has 0 aromatic heterocycles. The molecule has 0 amide bonds. The Labute approximate surface area is 149 Å². The average molecular weight is 360 g/mol. The molecular formula is C18H24N4O2S. The Balaban J connectivity index is 1.76. The van der Waals surface area contributed by atoms with Crippen LogP contribution in [-0.4, -0.2) is 34.5 Å². The van der Waals surface area contributed by atoms with Gasteiger partial charge in [-0.1, -0.05) is 48.0 Å². The second-order valence-corrected chi connectivity index (χ2v) is 7.32. The van der Waals surface area contributed by atoms with E-state index in [0.717, 1.165) is 11.1 Å². The van der Waals surface area contributed by atoms with Gasteiger partial charge < -0.3 is 10.6 Å². The summed E-state index contributed by atoms with van der Waals surface area (Å²) in [4.78, 5) is 4.39. The number of guanidine groups is 1. The first kappa shape index (κ1) is 19.0. The summed E-state index contributed by atoms with van der Waals surface area (Å²) in [7, 11) is -1.81. The Kier molecular flexibility index (Phi) is 6.97. The smallest absolute Gasteiger partial charge is 0.240 e. The van der Waals surface area contributed by atoms with E-state index in [-0.39, 0.29) is 11.4 Å². The number of hydrogen-bond acceptors (Lipinski definition) is 3. The third-order valence-electron chi connectivity index (χ3n) is 3.57. The predicted octanol–water partition coefficient (Wildman–Crippen LogP) is 1.64. The SMILES string of the molecule is CN=C(NCCNS(=O)(=O)c1ccc(C)cc1)NCc1ccccc1. The quantitative estimate of drug-likeness (QED) is 0.398. The number of aryl methyl sites for hydroxylation is 1. The Morgan fingerprint density at radius 3 is 2.28 bits per heavy atom. The summed E-state index contributed by atoms with van der Waals surface area (Å²) in [5.41, 5.74) is 2.17. The van der Waals surface area contributed by atoms with Crippen LogP contribution in [0.25, 0.3) is 0 Å². The van der Waals surface area contributed by atoms with Gasteiger partial charge in [-0.25, -0.2) is 13.1 Å². The molecule has 0 atom stereocenters. The zero-order chi connectivity index (χ0) is 18.1. The molecule has 0 aliphatic rings. The fraction of sp³-hybridized carbons (Fsp3) is 0.278. The first-order valence-corrected chi connectivity index (χ1v) is 9.54. The molecule has 0 radical (unpaired) electrons. The Hall–Kier alpha value is -2.38. The van der Waals surface area contributed by atoms with Gasteiger partial charge in [-0.3, -0.25) is 4.99 Å². The second-order valence-electron chi connectivity index (χ2n) is 5.55. The van der Waals surface area contributed by atoms with Crippen LogP contribution in [0.4, 0.5) is 0 Å². The van der Waals surface area contributed by atoms with Crippen LogP contribution in [0.5, 0.6) is 0 Å². The number of sulfonamides is 1. The van der Waals surface area contributed by atoms with Gasteiger partial charge in [0.2, 0.25) is 10.0 Å². The molecule has 3 N–H and O–H groups in total. The molecule has 0 fully saturated rings. The van der Waals surface area contributed by atoms with Crippen molar-refractivity contribution < 1.29 is 8.42 Å². The van der Waals surface area contributed by atoms with Gasteiger partial charge in [0.25, 0.3) is 0 Å². The van der Waals surface area contributed by atoms with Crippen LogP contribution in [-0.2, 0) is 16.6 Å². The molecule has 2 rings (SSSR count). The van der Waals surface area contributed by atoms with Crippen LogP contribution < -0.4 is 15.4 Å². The van der Waals surface area contributed by atoms with Crippen molar-refractivity contribution in [1.29, 1.82) is 0 Å². The van der Waals surface area contributed by atoms with Crippen LogP contribution >= 0.6 is 0 Å². The highest BCUT2D eigenvalue weighted by Gasteiger charge is 2.12. The maximum atomic E-state index is 12.2. The van der Waals surface area contributed by atoms with Crippen molar-refractivity contribution in [3.05, 3.63) is 65.7 Å². The first-order valence-electron chi connectivity index (χ1n) is 8.06. The molecule has 0 saturated heterocycles. The lowest BCUT2D eigenvalue weighted by atomic mass is 10.2. The normalized spacial score (nSPS) is 12.0. The molecule has 0 heterocycles. The highest BCUT2D eigenvalue weighted by molar-refractivity contribution is 7.89. The summed E-state index contributed by atoms with van der Waals surface area (Å²) < 4.78 is 26.9. The molecule has 25 heavy (non-hydrogen) atoms. The van der Waals surface area contributed by atoms with E-state index in [0.29, 0.717) is 19.0 Å². The van der Waals surface area contributed by atoms with Crippen molar-refractivity contribution in [2.45, 2.75) is 18.4 Å². The van der Waals surface area contributed by atoms with E-state index in [4.69, 9.17) is 0 Å². The zero-order valence-electron chi connectivity index (χ0n) is 14.5. The number of rotatable bonds is 7. The Morgan fingerprint density at radius 1 is 0.960 bits per heavy atom. The van der Waals surface area contributed by atoms with E-state index < -0.39 is 10.0 Å². The minimum absolute atomic E-state index is 0.266. The van der Waals surface area contributed by atoms with Crippen LogP contribution in [0.3, 0.4) is 0 Å². The van der Waals surface area contributed by atoms with Crippen LogP contribution in [0.15, 0.2) is 64.5 Å². The minimum atomic E-state index is -3.49. The molecule has 0 bridgehead atoms. The van der Waals surface area contributed by atoms with E-state index in [1.54, 1.807) is 31.3 Å². The lowest BCUT2D eigenvalue weighted by Crippen LogP contribution is -2.41. The van der Waals surface area contributed by atoms with Crippen LogP contribution in [0.1, 0.15) is 11.1 Å². The lowest BCUT2D eigenvalue weighted by molar-refractivity contribution is 0.580. The predicted molar refractivity (Wildman–Crippen MR) is 101 cm³/mol. The standard InChI is InChI=1S/C18H24N4O2S/c1-15-8-10-17(11-9-15)25(23,24)22-13-12-20-18(19-2)21-14-16-6-4-3-5-7-16/h3-11,22H,12-14H2,1-2H3,(H2,19,20,21). The molecule has 2 aromatic rings. The van der Waals surface area contributed by atoms with E-state index in [1.807, 2.05) is 37.3 Å². The number of hydrogen-bond donors (Lipinski definition) is 3. The molecule has 0 unspecified atom stereocenters. The van der Waals surface area contributed by atoms with Gasteiger partial charge in [0.1, 0.15) is 0 Å². The largest absolute Gasteiger partial charge is 0.355 e. The maximum Gasteiger partial charge on any atom is 0.240 e. The summed E-state index contributed by atoms with van der Waals surface area (Å²) in [6, 6.07) is 16.7. The van der Waals surface area contributed by atoms with Gasteiger partial charge >= 0.3 is 0 Å². The van der Waals surface area contributed by atoms with Crippen molar-refractivity contribution >= 4 is 16.0 Å². The molecule has 2 aromatic carbocycles. The number of nitrogens with one attached hydrogen (secondary N) is 3. The molecule has 6 nitrogen and oxygen atoms in total. The summed E-state index contributed by atoms with van der Waals surface area (Å²) in [5.74, 6) is 0.624. The number of nitrogens with zero attached hydrogens (tertiary/aromatic N) is 1. The fourth-order valence-electron chi connectivity index (χ4n) is 2.17. The summed E-state index contributed by atoms with van der Waals surface area (Å²) in [6.07, 6.45) is 0. The topological polar surface area (TPSA) is 82.6 Å². The molecular weight excluding hydrogens is 336 g/mol. The molecule has 0 aliphatic carbocycles. The van der Waals surface area contributed by atoms with E-state index in [9.17, 15) is 8.42 Å². The third kappa shape index (κ3) is 6.21. The monoisotopic (exact) mass is 360 g/mol. The van der Waals surface area contributed by atoms with Crippen LogP contribution in [0, 0.1) is 6.92 Å². The Morgan fingerprint density at radius 2 is 1.64 bits per heavy atom. The molecule has 0 spiro atoms. The van der Waals surface area contributed by atoms with Gasteiger partial charge in [-0.15, -0.1) is 0 Å². The zero-order valence-corrected chi connectivity index (χ0v) is 15.3. The second kappa shape index (κ2) is 9.19. The highest BCUT2D eigenvalue weighted by atomic mass is 32.2. The molecule has 0 aliphatic heterocycles. The summed E-state index contributed by atoms with van der Waals surface area (Å²) >= 11 is 0. The number of benzene rings is 2. The number of aliphatic imine (C=N–C) groups is 1. The van der Waals surface area contributed by atoms with Gasteiger partial charge in [0.15, 0.2) is 5.96 Å². The van der Waals surface area contributed by atoms with Gasteiger partial charge in [-0.05, 0) is 24.6 Å². The molecule has 134 valence electrons. The van der Waals surface area contributed by atoms with Crippen molar-refractivity contribution in [3.63, 3.8) is 0 Å². The van der Waals surface area contributed by atoms with Crippen molar-refractivity contribution in [2.75, 3.05) is 20.1 Å². The van der Waals surface area contributed by atoms with Gasteiger partial charge in [-0.2, -0.15) is 0 Å². The van der Waals surface area contributed by atoms with E-state index >= 15 is 0 Å². The van der Waals surface area contributed by atoms with Crippen molar-refractivity contribution in [3.8, 4) is 0 Å². The lowest BCUT2D eigenvalue weighted by Gasteiger charge is -2.12. The van der Waals surface area contributed by atoms with Crippen molar-refractivity contribution in [1.82, 2.24) is 15.4 Å². The first-order chi connectivity index (χ1) is 12.0. The van der Waals surface area contributed by atoms with Gasteiger partial charge in [0, 0.05) is 26.7 Å². The minimum Gasteiger partial charge on any atom is -0.355 e. The summed E-state index contributed by atoms with van der Waals surface area (Å²) in [5, 5.41) is 6.27. The summed E-state index contributed by atoms with van der Waals surface area (Å²) in [6.45, 7) is 3.26. The van der Waals surface area contributed by atoms with Gasteiger partial charge in [0.05, 0.1) is 4.90 Å². The molecule has 0 saturated carbocycles. The van der Waals surface area contributed by atoms with E-state index in [2.05, 4.69) is 20.3 Å². The third-order valence-corrected chi connectivity index (χ3v) is 5.04.